The highest BCUT2D eigenvalue weighted by atomic mass is 28.4. The van der Waals surface area contributed by atoms with Gasteiger partial charge in [-0.25, -0.2) is 4.79 Å². The molecule has 1 N–H and O–H groups in total. The quantitative estimate of drug-likeness (QED) is 0.0245. The zero-order chi connectivity index (χ0) is 55.9. The summed E-state index contributed by atoms with van der Waals surface area (Å²) >= 11 is 0. The smallest absolute Gasteiger partial charge is 0.332 e. The summed E-state index contributed by atoms with van der Waals surface area (Å²) in [5.41, 5.74) is 2.96. The minimum absolute atomic E-state index is 0.0550. The van der Waals surface area contributed by atoms with Crippen LogP contribution in [0.25, 0.3) is 0 Å². The Bertz CT molecular complexity index is 2410. The van der Waals surface area contributed by atoms with Crippen LogP contribution in [0, 0.1) is 0 Å². The molecular weight excluding hydrogens is 1000 g/mol. The van der Waals surface area contributed by atoms with E-state index < -0.39 is 59.4 Å². The Balaban J connectivity index is 0.995. The van der Waals surface area contributed by atoms with Gasteiger partial charge in [-0.2, -0.15) is 0 Å². The predicted octanol–water partition coefficient (Wildman–Crippen LogP) is 15.5. The minimum atomic E-state index is -2.64. The molecule has 0 aliphatic carbocycles. The summed E-state index contributed by atoms with van der Waals surface area (Å²) in [7, 11) is -4.91. The van der Waals surface area contributed by atoms with E-state index in [1.807, 2.05) is 91.0 Å². The zero-order valence-electron chi connectivity index (χ0n) is 48.5. The molecule has 5 aromatic carbocycles. The van der Waals surface area contributed by atoms with Crippen LogP contribution in [0.1, 0.15) is 148 Å². The van der Waals surface area contributed by atoms with E-state index in [1.54, 1.807) is 0 Å². The summed E-state index contributed by atoms with van der Waals surface area (Å²) in [6.45, 7) is 23.5. The number of benzene rings is 5. The molecule has 0 bridgehead atoms. The maximum absolute atomic E-state index is 13.1. The van der Waals surface area contributed by atoms with E-state index in [1.165, 1.54) is 55.3 Å². The van der Waals surface area contributed by atoms with Crippen molar-refractivity contribution in [1.29, 1.82) is 0 Å². The monoisotopic (exact) mass is 1100 g/mol. The van der Waals surface area contributed by atoms with E-state index in [4.69, 9.17) is 32.5 Å². The average molecular weight is 1100 g/mol. The Morgan fingerprint density at radius 1 is 0.538 bits per heavy atom. The topological polar surface area (TPSA) is 102 Å². The molecule has 1 fully saturated rings. The van der Waals surface area contributed by atoms with Crippen molar-refractivity contribution < 1.29 is 42.4 Å². The third kappa shape index (κ3) is 19.0. The molecule has 5 aromatic rings. The molecule has 1 heterocycles. The number of carboxylic acid groups (broad SMARTS) is 1. The second-order valence-corrected chi connectivity index (χ2v) is 33.0. The predicted molar refractivity (Wildman–Crippen MR) is 322 cm³/mol. The number of unbranched alkanes of at least 4 members (excludes halogenated alkanes) is 11. The number of hydrogen-bond donors (Lipinski definition) is 1. The van der Waals surface area contributed by atoms with Gasteiger partial charge < -0.3 is 37.6 Å². The normalized spacial score (nSPS) is 18.6. The molecule has 0 aromatic heterocycles. The van der Waals surface area contributed by atoms with Gasteiger partial charge in [0.1, 0.15) is 24.4 Å². The lowest BCUT2D eigenvalue weighted by atomic mass is 9.97. The van der Waals surface area contributed by atoms with Gasteiger partial charge in [0.05, 0.1) is 32.2 Å². The Morgan fingerprint density at radius 3 is 1.33 bits per heavy atom. The Hall–Kier alpha value is -4.70. The molecule has 0 radical (unpaired) electrons. The van der Waals surface area contributed by atoms with Crippen molar-refractivity contribution in [3.8, 4) is 0 Å². The van der Waals surface area contributed by atoms with E-state index >= 15 is 0 Å². The lowest BCUT2D eigenvalue weighted by Gasteiger charge is -2.47. The van der Waals surface area contributed by atoms with Crippen LogP contribution in [0.5, 0.6) is 0 Å². The van der Waals surface area contributed by atoms with Gasteiger partial charge in [0, 0.05) is 6.42 Å². The highest BCUT2D eigenvalue weighted by Crippen LogP contribution is 2.40. The average Bonchev–Trinajstić information content (AvgIpc) is 3.52. The van der Waals surface area contributed by atoms with Crippen LogP contribution in [0.4, 0.5) is 0 Å². The molecule has 1 aliphatic heterocycles. The van der Waals surface area contributed by atoms with Gasteiger partial charge in [-0.15, -0.1) is 0 Å². The number of hydrogen-bond acceptors (Lipinski definition) is 8. The molecular formula is C67H94O9Si2. The fourth-order valence-corrected chi connectivity index (χ4v) is 15.7. The Morgan fingerprint density at radius 2 is 0.923 bits per heavy atom. The highest BCUT2D eigenvalue weighted by Gasteiger charge is 2.53. The fourth-order valence-electron chi connectivity index (χ4n) is 10.2. The van der Waals surface area contributed by atoms with Crippen LogP contribution in [-0.2, 0) is 57.2 Å². The van der Waals surface area contributed by atoms with Crippen molar-refractivity contribution in [3.63, 3.8) is 0 Å². The second kappa shape index (κ2) is 31.3. The molecule has 1 saturated heterocycles. The van der Waals surface area contributed by atoms with Crippen LogP contribution in [0.15, 0.2) is 164 Å². The van der Waals surface area contributed by atoms with E-state index in [0.717, 1.165) is 61.0 Å². The van der Waals surface area contributed by atoms with Crippen molar-refractivity contribution in [1.82, 2.24) is 0 Å². The van der Waals surface area contributed by atoms with Crippen LogP contribution >= 0.6 is 0 Å². The standard InChI is InChI=1S/C67H94O9Si2/c1-53(76-78(67(5,6)7,57-44-32-23-33-45-57)58-46-34-24-35-47-58)37-25-18-16-14-12-10-11-13-15-17-19-36-48-59(64(68)69)74-65-63(72-51-56-42-30-22-31-43-56)62(71-50-55-40-28-21-29-41-55)61(70-49-54-38-26-20-27-39-54)60(75-65)52-73-77(8,9)66(2,3)4/h20-24,26-35,38-47,59-63,65H,1,10-19,25,36-37,48-52H2,2-9H3,(H,68,69)/t59-,60-,61-,62+,63-,65-/m1/s1. The summed E-state index contributed by atoms with van der Waals surface area (Å²) < 4.78 is 48.1. The van der Waals surface area contributed by atoms with Gasteiger partial charge in [0.2, 0.25) is 0 Å². The van der Waals surface area contributed by atoms with Crippen LogP contribution in [0.2, 0.25) is 23.2 Å². The molecule has 11 heteroatoms. The van der Waals surface area contributed by atoms with E-state index in [-0.39, 0.29) is 29.9 Å². The Labute approximate surface area is 471 Å². The zero-order valence-corrected chi connectivity index (χ0v) is 50.5. The maximum Gasteiger partial charge on any atom is 0.332 e. The van der Waals surface area contributed by atoms with E-state index in [9.17, 15) is 9.90 Å². The molecule has 424 valence electrons. The van der Waals surface area contributed by atoms with Crippen molar-refractivity contribution in [2.24, 2.45) is 0 Å². The summed E-state index contributed by atoms with van der Waals surface area (Å²) in [6, 6.07) is 51.6. The second-order valence-electron chi connectivity index (χ2n) is 23.9. The van der Waals surface area contributed by atoms with Crippen LogP contribution in [-0.4, -0.2) is 71.1 Å². The Kier molecular flexibility index (Phi) is 25.1. The molecule has 0 unspecified atom stereocenters. The first-order valence-electron chi connectivity index (χ1n) is 29.1. The van der Waals surface area contributed by atoms with Crippen LogP contribution in [0.3, 0.4) is 0 Å². The number of rotatable bonds is 34. The van der Waals surface area contributed by atoms with Gasteiger partial charge in [-0.05, 0) is 63.1 Å². The van der Waals surface area contributed by atoms with E-state index in [2.05, 4.69) is 122 Å². The molecule has 6 atom stereocenters. The number of aliphatic carboxylic acids is 1. The summed E-state index contributed by atoms with van der Waals surface area (Å²) in [5, 5.41) is 13.1. The van der Waals surface area contributed by atoms with Gasteiger partial charge in [0.15, 0.2) is 20.7 Å². The third-order valence-electron chi connectivity index (χ3n) is 15.8. The number of ether oxygens (including phenoxy) is 5. The fraction of sp³-hybridized carbons (Fsp3) is 0.507. The van der Waals surface area contributed by atoms with E-state index in [0.29, 0.717) is 13.0 Å². The number of allylic oxidation sites excluding steroid dienone is 1. The SMILES string of the molecule is C=C(CCCCCCCCCCCCCC[C@@H](O[C@@H]1O[C@H](CO[Si](C)(C)C(C)(C)C)[C@@H](OCc2ccccc2)[C@H](OCc2ccccc2)[C@H]1OCc1ccccc1)C(=O)O)O[Si](c1ccccc1)(c1ccccc1)C(C)(C)C. The first-order valence-corrected chi connectivity index (χ1v) is 33.9. The molecule has 78 heavy (non-hydrogen) atoms. The molecule has 6 rings (SSSR count). The van der Waals surface area contributed by atoms with Crippen molar-refractivity contribution in [2.45, 2.75) is 211 Å². The largest absolute Gasteiger partial charge is 0.538 e. The molecule has 0 saturated carbocycles. The van der Waals surface area contributed by atoms with Gasteiger partial charge in [-0.1, -0.05) is 270 Å². The highest BCUT2D eigenvalue weighted by molar-refractivity contribution is 6.99. The first kappa shape index (κ1) is 62.5. The first-order chi connectivity index (χ1) is 37.5. The van der Waals surface area contributed by atoms with Crippen molar-refractivity contribution in [2.75, 3.05) is 6.61 Å². The molecule has 9 nitrogen and oxygen atoms in total. The van der Waals surface area contributed by atoms with Gasteiger partial charge in [-0.3, -0.25) is 0 Å². The summed E-state index contributed by atoms with van der Waals surface area (Å²) in [5.74, 6) is -0.118. The summed E-state index contributed by atoms with van der Waals surface area (Å²) in [6.07, 6.45) is 9.70. The molecule has 1 aliphatic rings. The van der Waals surface area contributed by atoms with Crippen molar-refractivity contribution >= 4 is 33.0 Å². The molecule has 0 spiro atoms. The lowest BCUT2D eigenvalue weighted by molar-refractivity contribution is -0.333. The maximum atomic E-state index is 13.1. The van der Waals surface area contributed by atoms with Crippen LogP contribution < -0.4 is 10.4 Å². The van der Waals surface area contributed by atoms with Gasteiger partial charge in [0.25, 0.3) is 0 Å². The minimum Gasteiger partial charge on any atom is -0.538 e. The molecule has 0 amide bonds. The van der Waals surface area contributed by atoms with Gasteiger partial charge >= 0.3 is 14.3 Å². The number of carboxylic acids is 1. The van der Waals surface area contributed by atoms with Crippen molar-refractivity contribution in [3.05, 3.63) is 181 Å². The lowest BCUT2D eigenvalue weighted by Crippen LogP contribution is -2.66. The third-order valence-corrected chi connectivity index (χ3v) is 25.3. The number of carbonyl (C=O) groups is 1. The summed E-state index contributed by atoms with van der Waals surface area (Å²) in [4.78, 5) is 13.1.